The zero-order valence-electron chi connectivity index (χ0n) is 29.4. The zero-order chi connectivity index (χ0) is 34.9. The lowest BCUT2D eigenvalue weighted by molar-refractivity contribution is 0.484. The quantitative estimate of drug-likeness (QED) is 0.179. The Hall–Kier alpha value is -5.93. The van der Waals surface area contributed by atoms with Crippen molar-refractivity contribution in [1.29, 1.82) is 0 Å². The highest BCUT2D eigenvalue weighted by atomic mass is 16.5. The van der Waals surface area contributed by atoms with Gasteiger partial charge in [0.05, 0.1) is 24.7 Å². The minimum absolute atomic E-state index is 0.0299. The van der Waals surface area contributed by atoms with Crippen LogP contribution in [0.4, 0.5) is 5.69 Å². The van der Waals surface area contributed by atoms with Crippen LogP contribution in [0.2, 0.25) is 0 Å². The molecule has 0 aliphatic carbocycles. The van der Waals surface area contributed by atoms with E-state index in [4.69, 9.17) is 27.1 Å². The normalized spacial score (nSPS) is 12.6. The van der Waals surface area contributed by atoms with E-state index in [1.165, 1.54) is 5.56 Å². The number of ether oxygens (including phenoxy) is 1. The summed E-state index contributed by atoms with van der Waals surface area (Å²) in [5, 5.41) is 3.78. The molecule has 0 amide bonds. The molecule has 0 atom stereocenters. The number of rotatable bonds is 4. The first kappa shape index (κ1) is 29.2. The molecule has 6 nitrogen and oxygen atoms in total. The van der Waals surface area contributed by atoms with Crippen molar-refractivity contribution in [2.45, 2.75) is 52.4 Å². The third-order valence-corrected chi connectivity index (χ3v) is 9.19. The molecule has 0 bridgehead atoms. The predicted octanol–water partition coefficient (Wildman–Crippen LogP) is 12.1. The van der Waals surface area contributed by atoms with Crippen molar-refractivity contribution in [3.8, 4) is 28.6 Å². The molecule has 0 radical (unpaired) electrons. The van der Waals surface area contributed by atoms with Crippen LogP contribution in [0.5, 0.6) is 11.5 Å². The maximum atomic E-state index is 8.70. The van der Waals surface area contributed by atoms with Crippen molar-refractivity contribution in [2.24, 2.45) is 0 Å². The molecule has 0 saturated heterocycles. The van der Waals surface area contributed by atoms with Gasteiger partial charge in [0.2, 0.25) is 0 Å². The molecule has 6 heteroatoms. The van der Waals surface area contributed by atoms with E-state index < -0.39 is 0 Å². The number of pyridine rings is 2. The third-order valence-electron chi connectivity index (χ3n) is 9.19. The lowest BCUT2D eigenvalue weighted by Gasteiger charge is -2.20. The summed E-state index contributed by atoms with van der Waals surface area (Å²) < 4.78 is 24.0. The second-order valence-corrected chi connectivity index (χ2v) is 14.6. The van der Waals surface area contributed by atoms with Crippen LogP contribution in [0.25, 0.3) is 65.7 Å². The molecule has 0 spiro atoms. The van der Waals surface area contributed by atoms with E-state index in [0.717, 1.165) is 55.2 Å². The zero-order valence-corrected chi connectivity index (χ0v) is 28.4. The van der Waals surface area contributed by atoms with Gasteiger partial charge in [0.15, 0.2) is 5.69 Å². The van der Waals surface area contributed by atoms with Gasteiger partial charge in [-0.05, 0) is 82.6 Å². The van der Waals surface area contributed by atoms with E-state index in [0.29, 0.717) is 22.7 Å². The topological polar surface area (TPSA) is 57.4 Å². The smallest absolute Gasteiger partial charge is 0.190 e. The van der Waals surface area contributed by atoms with Crippen molar-refractivity contribution in [3.05, 3.63) is 132 Å². The van der Waals surface area contributed by atoms with Gasteiger partial charge in [0.25, 0.3) is 0 Å². The Kier molecular flexibility index (Phi) is 6.60. The van der Waals surface area contributed by atoms with Crippen LogP contribution in [0.1, 0.15) is 54.0 Å². The number of fused-ring (bicyclic) bond motifs is 6. The highest BCUT2D eigenvalue weighted by Crippen LogP contribution is 2.42. The number of hydrogen-bond acceptors (Lipinski definition) is 4. The molecule has 4 heterocycles. The van der Waals surface area contributed by atoms with Crippen LogP contribution >= 0.6 is 0 Å². The van der Waals surface area contributed by atoms with Crippen molar-refractivity contribution in [3.63, 3.8) is 0 Å². The second kappa shape index (κ2) is 11.1. The fourth-order valence-corrected chi connectivity index (χ4v) is 6.53. The highest BCUT2D eigenvalue weighted by Gasteiger charge is 2.21. The van der Waals surface area contributed by atoms with E-state index in [1.54, 1.807) is 6.07 Å². The second-order valence-electron chi connectivity index (χ2n) is 14.6. The van der Waals surface area contributed by atoms with E-state index in [-0.39, 0.29) is 22.6 Å². The molecule has 0 aliphatic rings. The summed E-state index contributed by atoms with van der Waals surface area (Å²) in [5.74, 6) is 2.12. The molecular formula is C43H36N4O2. The predicted molar refractivity (Wildman–Crippen MR) is 199 cm³/mol. The van der Waals surface area contributed by atoms with Gasteiger partial charge in [-0.1, -0.05) is 71.9 Å². The molecule has 0 N–H and O–H groups in total. The first-order valence-corrected chi connectivity index (χ1v) is 16.4. The van der Waals surface area contributed by atoms with E-state index >= 15 is 0 Å². The Morgan fingerprint density at radius 3 is 2.20 bits per heavy atom. The first-order chi connectivity index (χ1) is 23.9. The van der Waals surface area contributed by atoms with Crippen molar-refractivity contribution >= 4 is 49.4 Å². The molecule has 240 valence electrons. The summed E-state index contributed by atoms with van der Waals surface area (Å²) in [6, 6.07) is 30.4. The van der Waals surface area contributed by atoms with Gasteiger partial charge < -0.3 is 9.15 Å². The number of nitrogens with zero attached hydrogens (tertiary/aromatic N) is 4. The summed E-state index contributed by atoms with van der Waals surface area (Å²) in [5.41, 5.74) is 6.99. The fourth-order valence-electron chi connectivity index (χ4n) is 6.53. The molecule has 49 heavy (non-hydrogen) atoms. The van der Waals surface area contributed by atoms with Crippen LogP contribution in [0, 0.1) is 6.57 Å². The van der Waals surface area contributed by atoms with Crippen molar-refractivity contribution in [2.75, 3.05) is 0 Å². The molecule has 0 fully saturated rings. The van der Waals surface area contributed by atoms with Gasteiger partial charge in [-0.3, -0.25) is 9.55 Å². The maximum absolute atomic E-state index is 8.70. The summed E-state index contributed by atoms with van der Waals surface area (Å²) in [6.45, 7) is 20.7. The summed E-state index contributed by atoms with van der Waals surface area (Å²) in [7, 11) is 0. The van der Waals surface area contributed by atoms with Crippen molar-refractivity contribution < 1.29 is 10.5 Å². The lowest BCUT2D eigenvalue weighted by atomic mass is 9.87. The first-order valence-electron chi connectivity index (χ1n) is 16.9. The van der Waals surface area contributed by atoms with Gasteiger partial charge in [-0.25, -0.2) is 9.83 Å². The Bertz CT molecular complexity index is 2680. The molecule has 8 rings (SSSR count). The largest absolute Gasteiger partial charge is 0.457 e. The number of benzene rings is 4. The monoisotopic (exact) mass is 641 g/mol. The fraction of sp³-hybridized carbons (Fsp3) is 0.186. The van der Waals surface area contributed by atoms with E-state index in [1.807, 2.05) is 42.7 Å². The van der Waals surface area contributed by atoms with Gasteiger partial charge in [-0.15, -0.1) is 0 Å². The number of para-hydroxylation sites is 1. The van der Waals surface area contributed by atoms with Crippen LogP contribution in [0.3, 0.4) is 0 Å². The SMILES string of the molecule is [2H]c1c([N+]#[C-])ccc2c1oc1c(-c3cc(C(C)(C)C)ccn3)cc(Oc3ccc4c5ccccc5n(-c5cc(C(C)(C)C)ccn5)c4c3)cc12. The summed E-state index contributed by atoms with van der Waals surface area (Å²) >= 11 is 0. The number of furan rings is 1. The van der Waals surface area contributed by atoms with Crippen molar-refractivity contribution in [1.82, 2.24) is 14.5 Å². The molecule has 0 unspecified atom stereocenters. The summed E-state index contributed by atoms with van der Waals surface area (Å²) in [6.07, 6.45) is 3.70. The Labute approximate surface area is 286 Å². The average molecular weight is 642 g/mol. The molecule has 4 aromatic heterocycles. The van der Waals surface area contributed by atoms with Crippen LogP contribution in [-0.4, -0.2) is 14.5 Å². The van der Waals surface area contributed by atoms with Crippen LogP contribution in [-0.2, 0) is 10.8 Å². The third kappa shape index (κ3) is 5.28. The Morgan fingerprint density at radius 2 is 1.43 bits per heavy atom. The highest BCUT2D eigenvalue weighted by molar-refractivity contribution is 6.11. The van der Waals surface area contributed by atoms with E-state index in [9.17, 15) is 0 Å². The van der Waals surface area contributed by atoms with Gasteiger partial charge in [0.1, 0.15) is 28.5 Å². The Morgan fingerprint density at radius 1 is 0.714 bits per heavy atom. The molecule has 8 aromatic rings. The standard InChI is InChI=1S/C43H36N4O2/c1-42(2,3)26-16-18-45-36(20-26)35-24-30(23-34-33-14-12-28(44-7)22-39(33)49-41(34)35)48-29-13-15-32-31-10-8-9-11-37(31)47(38(32)25-29)40-21-27(17-19-46-40)43(4,5)6/h8-25H,1-6H3/i22D. The van der Waals surface area contributed by atoms with Gasteiger partial charge >= 0.3 is 0 Å². The van der Waals surface area contributed by atoms with Crippen LogP contribution in [0.15, 0.2) is 114 Å². The van der Waals surface area contributed by atoms with Gasteiger partial charge in [-0.2, -0.15) is 0 Å². The maximum Gasteiger partial charge on any atom is 0.190 e. The molecular weight excluding hydrogens is 604 g/mol. The summed E-state index contributed by atoms with van der Waals surface area (Å²) in [4.78, 5) is 13.1. The minimum Gasteiger partial charge on any atom is -0.457 e. The average Bonchev–Trinajstić information content (AvgIpc) is 3.63. The number of aromatic nitrogens is 3. The van der Waals surface area contributed by atoms with E-state index in [2.05, 4.69) is 106 Å². The van der Waals surface area contributed by atoms with Gasteiger partial charge in [0, 0.05) is 45.6 Å². The lowest BCUT2D eigenvalue weighted by Crippen LogP contribution is -2.12. The number of hydrogen-bond donors (Lipinski definition) is 0. The minimum atomic E-state index is -0.0905. The molecule has 0 aliphatic heterocycles. The molecule has 0 saturated carbocycles. The molecule has 4 aromatic carbocycles. The Balaban J connectivity index is 1.33. The van der Waals surface area contributed by atoms with Crippen LogP contribution < -0.4 is 4.74 Å².